The number of hydrogen-bond donors (Lipinski definition) is 1. The summed E-state index contributed by atoms with van der Waals surface area (Å²) in [7, 11) is 0. The summed E-state index contributed by atoms with van der Waals surface area (Å²) in [6.45, 7) is 8.46. The predicted octanol–water partition coefficient (Wildman–Crippen LogP) is 0.378. The van der Waals surface area contributed by atoms with Crippen LogP contribution >= 0.6 is 0 Å². The molecule has 2 saturated heterocycles. The van der Waals surface area contributed by atoms with Crippen molar-refractivity contribution in [3.05, 3.63) is 5.82 Å². The third-order valence-electron chi connectivity index (χ3n) is 4.75. The molecule has 1 aromatic heterocycles. The largest absolute Gasteiger partial charge is 0.325 e. The van der Waals surface area contributed by atoms with Gasteiger partial charge in [0.25, 0.3) is 5.91 Å². The van der Waals surface area contributed by atoms with Crippen molar-refractivity contribution < 1.29 is 9.59 Å². The number of carbonyl (C=O) groups is 2. The highest BCUT2D eigenvalue weighted by molar-refractivity contribution is 6.07. The molecule has 0 saturated carbocycles. The maximum Gasteiger partial charge on any atom is 0.325 e. The van der Waals surface area contributed by atoms with E-state index >= 15 is 0 Å². The summed E-state index contributed by atoms with van der Waals surface area (Å²) in [4.78, 5) is 28.3. The number of tetrazole rings is 1. The number of aromatic nitrogens is 4. The van der Waals surface area contributed by atoms with Crippen LogP contribution in [0.2, 0.25) is 0 Å². The number of likely N-dealkylation sites (tertiary alicyclic amines) is 1. The lowest BCUT2D eigenvalue weighted by Gasteiger charge is -2.23. The summed E-state index contributed by atoms with van der Waals surface area (Å²) in [6.07, 6.45) is 2.73. The predicted molar refractivity (Wildman–Crippen MR) is 85.9 cm³/mol. The quantitative estimate of drug-likeness (QED) is 0.755. The molecule has 0 bridgehead atoms. The van der Waals surface area contributed by atoms with Gasteiger partial charge in [0, 0.05) is 25.7 Å². The van der Waals surface area contributed by atoms with Crippen molar-refractivity contribution in [2.24, 2.45) is 0 Å². The molecule has 2 fully saturated rings. The van der Waals surface area contributed by atoms with Crippen LogP contribution in [-0.4, -0.2) is 66.6 Å². The van der Waals surface area contributed by atoms with E-state index in [9.17, 15) is 9.59 Å². The number of urea groups is 1. The molecule has 1 spiro atoms. The summed E-state index contributed by atoms with van der Waals surface area (Å²) in [5.74, 6) is 0.688. The lowest BCUT2D eigenvalue weighted by atomic mass is 9.98. The van der Waals surface area contributed by atoms with Crippen LogP contribution in [0.15, 0.2) is 0 Å². The first-order valence-electron chi connectivity index (χ1n) is 8.60. The molecule has 9 nitrogen and oxygen atoms in total. The number of aryl methyl sites for hydroxylation is 1. The lowest BCUT2D eigenvalue weighted by Crippen LogP contribution is -2.49. The van der Waals surface area contributed by atoms with Crippen molar-refractivity contribution in [3.8, 4) is 0 Å². The van der Waals surface area contributed by atoms with E-state index in [-0.39, 0.29) is 18.0 Å². The fraction of sp³-hybridized carbons (Fsp3) is 0.800. The van der Waals surface area contributed by atoms with Gasteiger partial charge in [0.05, 0.1) is 6.54 Å². The van der Waals surface area contributed by atoms with Crippen molar-refractivity contribution in [1.82, 2.24) is 35.3 Å². The van der Waals surface area contributed by atoms with Gasteiger partial charge in [-0.1, -0.05) is 13.3 Å². The SMILES string of the molecule is CCCCn1nnnc1CN1CCC2(C1)NC(=O)N(C(C)C)C2=O. The average Bonchev–Trinajstić information content (AvgIpc) is 3.18. The third-order valence-corrected chi connectivity index (χ3v) is 4.75. The number of nitrogens with zero attached hydrogens (tertiary/aromatic N) is 6. The minimum atomic E-state index is -0.789. The molecule has 1 atom stereocenters. The molecule has 0 radical (unpaired) electrons. The number of amides is 3. The maximum atomic E-state index is 12.7. The van der Waals surface area contributed by atoms with E-state index in [1.54, 1.807) is 0 Å². The van der Waals surface area contributed by atoms with Crippen LogP contribution < -0.4 is 5.32 Å². The second kappa shape index (κ2) is 6.46. The van der Waals surface area contributed by atoms with Crippen LogP contribution in [0.5, 0.6) is 0 Å². The van der Waals surface area contributed by atoms with Gasteiger partial charge < -0.3 is 5.32 Å². The first-order chi connectivity index (χ1) is 11.5. The first-order valence-corrected chi connectivity index (χ1v) is 8.60. The summed E-state index contributed by atoms with van der Waals surface area (Å²) >= 11 is 0. The Bertz CT molecular complexity index is 629. The molecule has 2 aliphatic heterocycles. The standard InChI is InChI=1S/C15H25N7O2/c1-4-5-7-21-12(17-18-19-21)9-20-8-6-15(10-20)13(23)22(11(2)3)14(24)16-15/h11H,4-10H2,1-3H3,(H,16,24). The Morgan fingerprint density at radius 3 is 2.79 bits per heavy atom. The molecule has 1 N–H and O–H groups in total. The molecule has 0 aliphatic carbocycles. The van der Waals surface area contributed by atoms with Gasteiger partial charge in [-0.25, -0.2) is 9.48 Å². The molecule has 132 valence electrons. The monoisotopic (exact) mass is 335 g/mol. The van der Waals surface area contributed by atoms with Gasteiger partial charge in [-0.2, -0.15) is 0 Å². The first kappa shape index (κ1) is 16.8. The van der Waals surface area contributed by atoms with Crippen molar-refractivity contribution in [2.75, 3.05) is 13.1 Å². The van der Waals surface area contributed by atoms with Crippen molar-refractivity contribution in [2.45, 2.75) is 64.7 Å². The molecule has 1 aromatic rings. The molecule has 3 amide bonds. The van der Waals surface area contributed by atoms with Gasteiger partial charge in [0.2, 0.25) is 0 Å². The van der Waals surface area contributed by atoms with Crippen LogP contribution in [0.25, 0.3) is 0 Å². The molecule has 24 heavy (non-hydrogen) atoms. The Kier molecular flexibility index (Phi) is 4.53. The van der Waals surface area contributed by atoms with Crippen molar-refractivity contribution >= 4 is 11.9 Å². The van der Waals surface area contributed by atoms with Crippen molar-refractivity contribution in [1.29, 1.82) is 0 Å². The molecule has 3 heterocycles. The highest BCUT2D eigenvalue weighted by Crippen LogP contribution is 2.30. The van der Waals surface area contributed by atoms with Crippen LogP contribution in [-0.2, 0) is 17.9 Å². The Morgan fingerprint density at radius 1 is 1.33 bits per heavy atom. The minimum absolute atomic E-state index is 0.115. The fourth-order valence-corrected chi connectivity index (χ4v) is 3.43. The van der Waals surface area contributed by atoms with Gasteiger partial charge in [-0.3, -0.25) is 14.6 Å². The summed E-state index contributed by atoms with van der Waals surface area (Å²) in [5, 5.41) is 14.8. The average molecular weight is 335 g/mol. The van der Waals surface area contributed by atoms with E-state index < -0.39 is 5.54 Å². The maximum absolute atomic E-state index is 12.7. The van der Waals surface area contributed by atoms with Gasteiger partial charge in [-0.15, -0.1) is 5.10 Å². The summed E-state index contributed by atoms with van der Waals surface area (Å²) < 4.78 is 1.82. The molecular formula is C15H25N7O2. The van der Waals surface area contributed by atoms with Gasteiger partial charge >= 0.3 is 6.03 Å². The number of imide groups is 1. The zero-order valence-electron chi connectivity index (χ0n) is 14.5. The fourth-order valence-electron chi connectivity index (χ4n) is 3.43. The Balaban J connectivity index is 1.67. The Labute approximate surface area is 141 Å². The molecule has 3 rings (SSSR count). The minimum Gasteiger partial charge on any atom is -0.322 e. The molecule has 2 aliphatic rings. The Morgan fingerprint density at radius 2 is 2.12 bits per heavy atom. The van der Waals surface area contributed by atoms with Gasteiger partial charge in [0.1, 0.15) is 5.54 Å². The second-order valence-corrected chi connectivity index (χ2v) is 6.91. The number of nitrogens with one attached hydrogen (secondary N) is 1. The zero-order valence-corrected chi connectivity index (χ0v) is 14.5. The Hall–Kier alpha value is -2.03. The van der Waals surface area contributed by atoms with E-state index in [0.29, 0.717) is 19.5 Å². The number of hydrogen-bond acceptors (Lipinski definition) is 6. The van der Waals surface area contributed by atoms with E-state index in [1.165, 1.54) is 4.90 Å². The smallest absolute Gasteiger partial charge is 0.322 e. The topological polar surface area (TPSA) is 96.2 Å². The van der Waals surface area contributed by atoms with Crippen LogP contribution in [0.4, 0.5) is 4.79 Å². The molecule has 9 heteroatoms. The molecular weight excluding hydrogens is 310 g/mol. The second-order valence-electron chi connectivity index (χ2n) is 6.91. The van der Waals surface area contributed by atoms with E-state index in [0.717, 1.165) is 31.8 Å². The normalized spacial score (nSPS) is 24.6. The van der Waals surface area contributed by atoms with Crippen molar-refractivity contribution in [3.63, 3.8) is 0 Å². The number of carbonyl (C=O) groups excluding carboxylic acids is 2. The number of rotatable bonds is 6. The van der Waals surface area contributed by atoms with Gasteiger partial charge in [-0.05, 0) is 37.1 Å². The third kappa shape index (κ3) is 2.88. The highest BCUT2D eigenvalue weighted by atomic mass is 16.2. The summed E-state index contributed by atoms with van der Waals surface area (Å²) in [5.41, 5.74) is -0.789. The van der Waals surface area contributed by atoms with Crippen LogP contribution in [0.3, 0.4) is 0 Å². The van der Waals surface area contributed by atoms with E-state index in [4.69, 9.17) is 0 Å². The van der Waals surface area contributed by atoms with Crippen LogP contribution in [0, 0.1) is 0 Å². The highest BCUT2D eigenvalue weighted by Gasteiger charge is 2.55. The summed E-state index contributed by atoms with van der Waals surface area (Å²) in [6, 6.07) is -0.420. The lowest BCUT2D eigenvalue weighted by molar-refractivity contribution is -0.132. The van der Waals surface area contributed by atoms with Gasteiger partial charge in [0.15, 0.2) is 5.82 Å². The zero-order chi connectivity index (χ0) is 17.3. The molecule has 0 aromatic carbocycles. The van der Waals surface area contributed by atoms with E-state index in [1.807, 2.05) is 18.5 Å². The van der Waals surface area contributed by atoms with E-state index in [2.05, 4.69) is 32.7 Å². The van der Waals surface area contributed by atoms with Crippen LogP contribution in [0.1, 0.15) is 45.9 Å². The molecule has 1 unspecified atom stereocenters. The number of unbranched alkanes of at least 4 members (excludes halogenated alkanes) is 1.